The predicted octanol–water partition coefficient (Wildman–Crippen LogP) is 3.10. The second-order valence-electron chi connectivity index (χ2n) is 5.66. The van der Waals surface area contributed by atoms with Crippen LogP contribution in [0.15, 0.2) is 18.2 Å². The fourth-order valence-electron chi connectivity index (χ4n) is 2.12. The Morgan fingerprint density at radius 2 is 2.19 bits per heavy atom. The second kappa shape index (κ2) is 8.62. The number of carbonyl (C=O) groups excluding carboxylic acids is 1. The van der Waals surface area contributed by atoms with E-state index < -0.39 is 5.82 Å². The van der Waals surface area contributed by atoms with Crippen LogP contribution < -0.4 is 11.1 Å². The molecule has 1 rings (SSSR count). The molecule has 0 saturated carbocycles. The molecule has 5 heteroatoms. The highest BCUT2D eigenvalue weighted by Crippen LogP contribution is 2.19. The minimum Gasteiger partial charge on any atom is -0.397 e. The Labute approximate surface area is 126 Å². The zero-order valence-electron chi connectivity index (χ0n) is 13.2. The number of halogens is 1. The average molecular weight is 295 g/mol. The lowest BCUT2D eigenvalue weighted by Gasteiger charge is -2.20. The smallest absolute Gasteiger partial charge is 0.224 e. The van der Waals surface area contributed by atoms with E-state index in [0.717, 1.165) is 25.9 Å². The summed E-state index contributed by atoms with van der Waals surface area (Å²) in [5, 5.41) is 2.71. The van der Waals surface area contributed by atoms with Crippen LogP contribution in [0.25, 0.3) is 0 Å². The van der Waals surface area contributed by atoms with Crippen molar-refractivity contribution in [2.24, 2.45) is 5.92 Å². The van der Waals surface area contributed by atoms with Crippen LogP contribution in [0.3, 0.4) is 0 Å². The Morgan fingerprint density at radius 1 is 1.48 bits per heavy atom. The van der Waals surface area contributed by atoms with Crippen molar-refractivity contribution in [3.8, 4) is 0 Å². The molecule has 3 N–H and O–H groups in total. The van der Waals surface area contributed by atoms with Gasteiger partial charge in [-0.2, -0.15) is 0 Å². The van der Waals surface area contributed by atoms with Crippen molar-refractivity contribution in [1.29, 1.82) is 0 Å². The molecule has 0 saturated heterocycles. The molecule has 0 aliphatic rings. The predicted molar refractivity (Wildman–Crippen MR) is 85.6 cm³/mol. The van der Waals surface area contributed by atoms with Crippen molar-refractivity contribution in [3.63, 3.8) is 0 Å². The molecule has 0 bridgehead atoms. The number of nitrogens with zero attached hydrogens (tertiary/aromatic N) is 1. The number of nitrogens with one attached hydrogen (secondary N) is 1. The third-order valence-corrected chi connectivity index (χ3v) is 3.55. The number of amides is 1. The summed E-state index contributed by atoms with van der Waals surface area (Å²) in [5.74, 6) is 0.172. The molecule has 118 valence electrons. The van der Waals surface area contributed by atoms with Crippen LogP contribution in [0.2, 0.25) is 0 Å². The van der Waals surface area contributed by atoms with Crippen LogP contribution in [-0.4, -0.2) is 30.9 Å². The van der Waals surface area contributed by atoms with Gasteiger partial charge in [0, 0.05) is 13.0 Å². The van der Waals surface area contributed by atoms with Crippen LogP contribution >= 0.6 is 0 Å². The minimum absolute atomic E-state index is 0.0924. The summed E-state index contributed by atoms with van der Waals surface area (Å²) < 4.78 is 12.9. The summed E-state index contributed by atoms with van der Waals surface area (Å²) in [6.07, 6.45) is 2.39. The van der Waals surface area contributed by atoms with Gasteiger partial charge in [0.15, 0.2) is 0 Å². The first kappa shape index (κ1) is 17.4. The standard InChI is InChI=1S/C16H26FN3O/c1-4-12(2)11-20(3)9-5-6-16(21)19-15-8-7-13(17)10-14(15)18/h7-8,10,12H,4-6,9,11,18H2,1-3H3,(H,19,21). The number of hydrogen-bond donors (Lipinski definition) is 2. The molecule has 0 aliphatic carbocycles. The van der Waals surface area contributed by atoms with Gasteiger partial charge in [-0.1, -0.05) is 20.3 Å². The fraction of sp³-hybridized carbons (Fsp3) is 0.562. The number of rotatable bonds is 8. The topological polar surface area (TPSA) is 58.4 Å². The van der Waals surface area contributed by atoms with Crippen LogP contribution in [0.1, 0.15) is 33.1 Å². The van der Waals surface area contributed by atoms with Gasteiger partial charge >= 0.3 is 0 Å². The summed E-state index contributed by atoms with van der Waals surface area (Å²) in [7, 11) is 2.07. The van der Waals surface area contributed by atoms with E-state index in [2.05, 4.69) is 31.1 Å². The molecule has 0 aromatic heterocycles. The van der Waals surface area contributed by atoms with Crippen molar-refractivity contribution in [3.05, 3.63) is 24.0 Å². The van der Waals surface area contributed by atoms with Crippen LogP contribution in [0, 0.1) is 11.7 Å². The molecular weight excluding hydrogens is 269 g/mol. The first-order chi connectivity index (χ1) is 9.92. The lowest BCUT2D eigenvalue weighted by Crippen LogP contribution is -2.26. The molecule has 0 spiro atoms. The zero-order chi connectivity index (χ0) is 15.8. The number of hydrogen-bond acceptors (Lipinski definition) is 3. The third kappa shape index (κ3) is 6.58. The molecule has 1 atom stereocenters. The lowest BCUT2D eigenvalue weighted by atomic mass is 10.1. The lowest BCUT2D eigenvalue weighted by molar-refractivity contribution is -0.116. The highest BCUT2D eigenvalue weighted by molar-refractivity contribution is 5.93. The van der Waals surface area contributed by atoms with Gasteiger partial charge in [0.2, 0.25) is 5.91 Å². The van der Waals surface area contributed by atoms with Gasteiger partial charge in [0.1, 0.15) is 5.82 Å². The van der Waals surface area contributed by atoms with Gasteiger partial charge in [-0.05, 0) is 44.1 Å². The van der Waals surface area contributed by atoms with Gasteiger partial charge in [0.25, 0.3) is 0 Å². The number of anilines is 2. The highest BCUT2D eigenvalue weighted by Gasteiger charge is 2.08. The Kier molecular flexibility index (Phi) is 7.15. The molecule has 0 fully saturated rings. The summed E-state index contributed by atoms with van der Waals surface area (Å²) in [5.41, 5.74) is 6.37. The average Bonchev–Trinajstić information content (AvgIpc) is 2.41. The van der Waals surface area contributed by atoms with Crippen molar-refractivity contribution in [2.45, 2.75) is 33.1 Å². The Balaban J connectivity index is 2.31. The number of nitrogens with two attached hydrogens (primary N) is 1. The van der Waals surface area contributed by atoms with E-state index in [-0.39, 0.29) is 11.6 Å². The number of benzene rings is 1. The second-order valence-corrected chi connectivity index (χ2v) is 5.66. The van der Waals surface area contributed by atoms with E-state index in [1.165, 1.54) is 18.2 Å². The van der Waals surface area contributed by atoms with Gasteiger partial charge in [0.05, 0.1) is 11.4 Å². The number of carbonyl (C=O) groups is 1. The summed E-state index contributed by atoms with van der Waals surface area (Å²) in [6.45, 7) is 6.33. The molecular formula is C16H26FN3O. The zero-order valence-corrected chi connectivity index (χ0v) is 13.2. The van der Waals surface area contributed by atoms with E-state index in [9.17, 15) is 9.18 Å². The van der Waals surface area contributed by atoms with E-state index in [0.29, 0.717) is 18.0 Å². The number of nitrogen functional groups attached to an aromatic ring is 1. The van der Waals surface area contributed by atoms with Crippen LogP contribution in [0.5, 0.6) is 0 Å². The maximum atomic E-state index is 12.9. The first-order valence-electron chi connectivity index (χ1n) is 7.45. The normalized spacial score (nSPS) is 12.4. The molecule has 1 aromatic rings. The maximum Gasteiger partial charge on any atom is 0.224 e. The molecule has 0 aliphatic heterocycles. The maximum absolute atomic E-state index is 12.9. The highest BCUT2D eigenvalue weighted by atomic mass is 19.1. The van der Waals surface area contributed by atoms with E-state index in [1.54, 1.807) is 0 Å². The van der Waals surface area contributed by atoms with Crippen LogP contribution in [-0.2, 0) is 4.79 Å². The fourth-order valence-corrected chi connectivity index (χ4v) is 2.12. The SMILES string of the molecule is CCC(C)CN(C)CCCC(=O)Nc1ccc(F)cc1N. The minimum atomic E-state index is -0.405. The first-order valence-corrected chi connectivity index (χ1v) is 7.45. The monoisotopic (exact) mass is 295 g/mol. The summed E-state index contributed by atoms with van der Waals surface area (Å²) in [4.78, 5) is 14.1. The largest absolute Gasteiger partial charge is 0.397 e. The molecule has 21 heavy (non-hydrogen) atoms. The van der Waals surface area contributed by atoms with Gasteiger partial charge in [-0.25, -0.2) is 4.39 Å². The quantitative estimate of drug-likeness (QED) is 0.725. The van der Waals surface area contributed by atoms with Gasteiger partial charge in [-0.3, -0.25) is 4.79 Å². The third-order valence-electron chi connectivity index (χ3n) is 3.55. The van der Waals surface area contributed by atoms with Gasteiger partial charge in [-0.15, -0.1) is 0 Å². The van der Waals surface area contributed by atoms with E-state index in [4.69, 9.17) is 5.73 Å². The van der Waals surface area contributed by atoms with Crippen molar-refractivity contribution < 1.29 is 9.18 Å². The summed E-state index contributed by atoms with van der Waals surface area (Å²) >= 11 is 0. The molecule has 4 nitrogen and oxygen atoms in total. The molecule has 1 unspecified atom stereocenters. The van der Waals surface area contributed by atoms with Crippen molar-refractivity contribution in [2.75, 3.05) is 31.2 Å². The van der Waals surface area contributed by atoms with E-state index >= 15 is 0 Å². The molecule has 0 radical (unpaired) electrons. The summed E-state index contributed by atoms with van der Waals surface area (Å²) in [6, 6.07) is 3.97. The Morgan fingerprint density at radius 3 is 2.81 bits per heavy atom. The molecule has 0 heterocycles. The Bertz CT molecular complexity index is 465. The van der Waals surface area contributed by atoms with Crippen molar-refractivity contribution >= 4 is 17.3 Å². The van der Waals surface area contributed by atoms with Crippen LogP contribution in [0.4, 0.5) is 15.8 Å². The Hall–Kier alpha value is -1.62. The molecule has 1 aromatic carbocycles. The molecule has 1 amide bonds. The van der Waals surface area contributed by atoms with Crippen molar-refractivity contribution in [1.82, 2.24) is 4.90 Å². The van der Waals surface area contributed by atoms with Gasteiger partial charge < -0.3 is 16.0 Å². The van der Waals surface area contributed by atoms with E-state index in [1.807, 2.05) is 0 Å².